The molecule has 1 aromatic rings. The fraction of sp³-hybridized carbons (Fsp3) is 0.778. The van der Waals surface area contributed by atoms with Crippen molar-refractivity contribution < 1.29 is 4.42 Å². The lowest BCUT2D eigenvalue weighted by Gasteiger charge is -2.24. The van der Waals surface area contributed by atoms with Gasteiger partial charge in [0.1, 0.15) is 0 Å². The third-order valence-electron chi connectivity index (χ3n) is 2.78. The molecule has 13 heavy (non-hydrogen) atoms. The second kappa shape index (κ2) is 3.87. The maximum Gasteiger partial charge on any atom is 0.305 e. The van der Waals surface area contributed by atoms with Crippen LogP contribution in [0.5, 0.6) is 0 Å². The minimum absolute atomic E-state index is 0.0842. The van der Waals surface area contributed by atoms with Crippen LogP contribution in [0.1, 0.15) is 44.0 Å². The van der Waals surface area contributed by atoms with Gasteiger partial charge in [0, 0.05) is 0 Å². The number of hydrogen-bond acceptors (Lipinski definition) is 4. The third kappa shape index (κ3) is 1.88. The van der Waals surface area contributed by atoms with Gasteiger partial charge in [0.05, 0.1) is 6.04 Å². The molecule has 0 aromatic carbocycles. The van der Waals surface area contributed by atoms with E-state index in [0.717, 1.165) is 0 Å². The van der Waals surface area contributed by atoms with Crippen molar-refractivity contribution in [1.29, 1.82) is 0 Å². The van der Waals surface area contributed by atoms with Crippen molar-refractivity contribution >= 4 is 0 Å². The molecule has 1 aliphatic rings. The Labute approximate surface area is 77.5 Å². The summed E-state index contributed by atoms with van der Waals surface area (Å²) in [5.74, 6) is 1.05. The Hall–Kier alpha value is -0.900. The summed E-state index contributed by atoms with van der Waals surface area (Å²) in [6.45, 7) is 0. The van der Waals surface area contributed by atoms with Crippen LogP contribution in [0.15, 0.2) is 4.42 Å². The van der Waals surface area contributed by atoms with E-state index in [1.165, 1.54) is 32.1 Å². The van der Waals surface area contributed by atoms with Gasteiger partial charge in [-0.3, -0.25) is 0 Å². The van der Waals surface area contributed by atoms with Crippen LogP contribution in [0.3, 0.4) is 0 Å². The molecule has 1 aliphatic carbocycles. The van der Waals surface area contributed by atoms with E-state index in [0.29, 0.717) is 11.8 Å². The van der Waals surface area contributed by atoms with Gasteiger partial charge in [-0.05, 0) is 18.8 Å². The molecule has 2 rings (SSSR count). The van der Waals surface area contributed by atoms with Crippen molar-refractivity contribution in [3.8, 4) is 0 Å². The summed E-state index contributed by atoms with van der Waals surface area (Å²) < 4.78 is 4.98. The van der Waals surface area contributed by atoms with E-state index in [2.05, 4.69) is 16.6 Å². The molecule has 0 bridgehead atoms. The van der Waals surface area contributed by atoms with Crippen LogP contribution >= 0.6 is 0 Å². The molecule has 2 N–H and O–H groups in total. The minimum Gasteiger partial charge on any atom is -0.415 e. The van der Waals surface area contributed by atoms with E-state index in [1.54, 1.807) is 0 Å². The molecular formula is C9H14N3O. The maximum atomic E-state index is 6.00. The zero-order valence-corrected chi connectivity index (χ0v) is 7.57. The van der Waals surface area contributed by atoms with Gasteiger partial charge in [-0.1, -0.05) is 19.3 Å². The third-order valence-corrected chi connectivity index (χ3v) is 2.78. The largest absolute Gasteiger partial charge is 0.415 e. The molecule has 1 heterocycles. The Bertz CT molecular complexity index is 241. The number of aromatic nitrogens is 2. The van der Waals surface area contributed by atoms with Gasteiger partial charge in [-0.2, -0.15) is 0 Å². The molecule has 0 aliphatic heterocycles. The van der Waals surface area contributed by atoms with E-state index >= 15 is 0 Å². The Morgan fingerprint density at radius 1 is 1.38 bits per heavy atom. The first-order chi connectivity index (χ1) is 6.38. The zero-order chi connectivity index (χ0) is 9.10. The molecule has 1 unspecified atom stereocenters. The molecule has 4 nitrogen and oxygen atoms in total. The van der Waals surface area contributed by atoms with E-state index in [9.17, 15) is 0 Å². The summed E-state index contributed by atoms with van der Waals surface area (Å²) in [5, 5.41) is 7.31. The molecule has 0 saturated heterocycles. The molecule has 71 valence electrons. The summed E-state index contributed by atoms with van der Waals surface area (Å²) in [6.07, 6.45) is 8.58. The molecule has 4 heteroatoms. The van der Waals surface area contributed by atoms with Crippen molar-refractivity contribution in [3.63, 3.8) is 0 Å². The fourth-order valence-electron chi connectivity index (χ4n) is 1.99. The van der Waals surface area contributed by atoms with E-state index in [1.807, 2.05) is 0 Å². The molecule has 1 radical (unpaired) electrons. The van der Waals surface area contributed by atoms with E-state index in [-0.39, 0.29) is 6.04 Å². The summed E-state index contributed by atoms with van der Waals surface area (Å²) >= 11 is 0. The van der Waals surface area contributed by atoms with Crippen molar-refractivity contribution in [2.45, 2.75) is 38.1 Å². The first-order valence-electron chi connectivity index (χ1n) is 4.83. The fourth-order valence-corrected chi connectivity index (χ4v) is 1.99. The van der Waals surface area contributed by atoms with Gasteiger partial charge in [0.15, 0.2) is 0 Å². The highest BCUT2D eigenvalue weighted by Crippen LogP contribution is 2.31. The molecule has 1 atom stereocenters. The monoisotopic (exact) mass is 180 g/mol. The molecule has 0 amide bonds. The van der Waals surface area contributed by atoms with Crippen molar-refractivity contribution in [1.82, 2.24) is 10.2 Å². The van der Waals surface area contributed by atoms with Crippen LogP contribution in [0.4, 0.5) is 0 Å². The van der Waals surface area contributed by atoms with Crippen LogP contribution in [-0.2, 0) is 0 Å². The molecule has 1 aromatic heterocycles. The first kappa shape index (κ1) is 8.69. The highest BCUT2D eigenvalue weighted by molar-refractivity contribution is 4.89. The Morgan fingerprint density at radius 3 is 2.77 bits per heavy atom. The van der Waals surface area contributed by atoms with Crippen molar-refractivity contribution in [2.75, 3.05) is 0 Å². The Morgan fingerprint density at radius 2 is 2.15 bits per heavy atom. The zero-order valence-electron chi connectivity index (χ0n) is 7.57. The van der Waals surface area contributed by atoms with Gasteiger partial charge in [-0.25, -0.2) is 0 Å². The predicted molar refractivity (Wildman–Crippen MR) is 46.6 cm³/mol. The van der Waals surface area contributed by atoms with Crippen LogP contribution in [0.25, 0.3) is 0 Å². The van der Waals surface area contributed by atoms with E-state index < -0.39 is 0 Å². The van der Waals surface area contributed by atoms with Crippen molar-refractivity contribution in [2.24, 2.45) is 11.7 Å². The van der Waals surface area contributed by atoms with Crippen molar-refractivity contribution in [3.05, 3.63) is 12.3 Å². The van der Waals surface area contributed by atoms with Gasteiger partial charge in [0.2, 0.25) is 5.89 Å². The molecular weight excluding hydrogens is 166 g/mol. The number of nitrogens with zero attached hydrogens (tertiary/aromatic N) is 2. The summed E-state index contributed by atoms with van der Waals surface area (Å²) in [6, 6.07) is -0.0842. The quantitative estimate of drug-likeness (QED) is 0.748. The topological polar surface area (TPSA) is 64.9 Å². The van der Waals surface area contributed by atoms with E-state index in [4.69, 9.17) is 10.2 Å². The maximum absolute atomic E-state index is 6.00. The van der Waals surface area contributed by atoms with Gasteiger partial charge in [-0.15, -0.1) is 10.2 Å². The number of hydrogen-bond donors (Lipinski definition) is 1. The van der Waals surface area contributed by atoms with Gasteiger partial charge < -0.3 is 10.2 Å². The predicted octanol–water partition coefficient (Wildman–Crippen LogP) is 1.45. The second-order valence-electron chi connectivity index (χ2n) is 3.66. The summed E-state index contributed by atoms with van der Waals surface area (Å²) in [4.78, 5) is 0. The summed E-state index contributed by atoms with van der Waals surface area (Å²) in [5.41, 5.74) is 6.00. The smallest absolute Gasteiger partial charge is 0.305 e. The van der Waals surface area contributed by atoms with Gasteiger partial charge in [0.25, 0.3) is 0 Å². The first-order valence-corrected chi connectivity index (χ1v) is 4.83. The van der Waals surface area contributed by atoms with Crippen LogP contribution in [-0.4, -0.2) is 10.2 Å². The second-order valence-corrected chi connectivity index (χ2v) is 3.66. The van der Waals surface area contributed by atoms with Crippen LogP contribution in [0.2, 0.25) is 0 Å². The number of nitrogens with two attached hydrogens (primary N) is 1. The van der Waals surface area contributed by atoms with Crippen LogP contribution < -0.4 is 5.73 Å². The lowest BCUT2D eigenvalue weighted by Crippen LogP contribution is -2.23. The Balaban J connectivity index is 1.99. The average molecular weight is 180 g/mol. The minimum atomic E-state index is -0.0842. The van der Waals surface area contributed by atoms with Gasteiger partial charge >= 0.3 is 6.39 Å². The Kier molecular flexibility index (Phi) is 2.59. The SMILES string of the molecule is NC(c1nn[c]o1)C1CCCCC1. The molecule has 0 spiro atoms. The van der Waals surface area contributed by atoms with Crippen LogP contribution in [0, 0.1) is 12.3 Å². The molecule has 1 saturated carbocycles. The normalized spacial score (nSPS) is 21.6. The highest BCUT2D eigenvalue weighted by atomic mass is 16.4. The standard InChI is InChI=1S/C9H14N3O/c10-8(9-12-11-6-13-9)7-4-2-1-3-5-7/h7-8H,1-5,10H2. The lowest BCUT2D eigenvalue weighted by molar-refractivity contribution is 0.274. The lowest BCUT2D eigenvalue weighted by atomic mass is 9.84. The summed E-state index contributed by atoms with van der Waals surface area (Å²) in [7, 11) is 0. The number of rotatable bonds is 2. The highest BCUT2D eigenvalue weighted by Gasteiger charge is 2.24. The molecule has 1 fully saturated rings. The average Bonchev–Trinajstić information content (AvgIpc) is 2.71.